The number of methoxy groups -OCH3 is 2. The SMILES string of the molecule is COc1ccc(C=CC(=O)O[C@H]2CC[C@@]3(C)C(=CC[C@H]4[C@H]3CC[C@@]3(C)[C@H]4CC[C@H]3[C@H](C)CCCC(C)C)C2)cc1OC. The van der Waals surface area contributed by atoms with Crippen LogP contribution in [0.4, 0.5) is 0 Å². The zero-order valence-electron chi connectivity index (χ0n) is 27.4. The number of rotatable bonds is 10. The van der Waals surface area contributed by atoms with Crippen LogP contribution in [-0.4, -0.2) is 26.3 Å². The van der Waals surface area contributed by atoms with Crippen molar-refractivity contribution in [2.75, 3.05) is 14.2 Å². The third kappa shape index (κ3) is 6.06. The van der Waals surface area contributed by atoms with E-state index in [9.17, 15) is 4.79 Å². The average Bonchev–Trinajstić information content (AvgIpc) is 3.33. The normalized spacial score (nSPS) is 34.8. The summed E-state index contributed by atoms with van der Waals surface area (Å²) >= 11 is 0. The number of carbonyl (C=O) groups excluding carboxylic acids is 1. The molecule has 0 spiro atoms. The van der Waals surface area contributed by atoms with Gasteiger partial charge in [0.05, 0.1) is 14.2 Å². The van der Waals surface area contributed by atoms with Crippen LogP contribution < -0.4 is 9.47 Å². The lowest BCUT2D eigenvalue weighted by Crippen LogP contribution is -2.51. The van der Waals surface area contributed by atoms with Gasteiger partial charge in [0.1, 0.15) is 6.10 Å². The molecule has 0 saturated heterocycles. The van der Waals surface area contributed by atoms with Crippen LogP contribution >= 0.6 is 0 Å². The largest absolute Gasteiger partial charge is 0.493 e. The van der Waals surface area contributed by atoms with Gasteiger partial charge in [-0.25, -0.2) is 4.79 Å². The van der Waals surface area contributed by atoms with Crippen LogP contribution in [-0.2, 0) is 9.53 Å². The molecule has 0 bridgehead atoms. The van der Waals surface area contributed by atoms with Gasteiger partial charge in [0, 0.05) is 12.5 Å². The molecule has 5 rings (SSSR count). The molecular weight excluding hydrogens is 520 g/mol. The highest BCUT2D eigenvalue weighted by Crippen LogP contribution is 2.67. The number of hydrogen-bond acceptors (Lipinski definition) is 4. The predicted molar refractivity (Wildman–Crippen MR) is 172 cm³/mol. The number of ether oxygens (including phenoxy) is 3. The minimum atomic E-state index is -0.263. The van der Waals surface area contributed by atoms with E-state index in [2.05, 4.69) is 40.7 Å². The molecule has 0 amide bonds. The number of hydrogen-bond donors (Lipinski definition) is 0. The minimum Gasteiger partial charge on any atom is -0.493 e. The number of esters is 1. The Bertz CT molecular complexity index is 1170. The van der Waals surface area contributed by atoms with Gasteiger partial charge in [-0.15, -0.1) is 0 Å². The highest BCUT2D eigenvalue weighted by atomic mass is 16.5. The van der Waals surface area contributed by atoms with Crippen LogP contribution in [0.3, 0.4) is 0 Å². The second-order valence-electron chi connectivity index (χ2n) is 15.0. The number of fused-ring (bicyclic) bond motifs is 5. The van der Waals surface area contributed by atoms with E-state index >= 15 is 0 Å². The molecule has 0 unspecified atom stereocenters. The molecule has 232 valence electrons. The number of carbonyl (C=O) groups is 1. The Morgan fingerprint density at radius 1 is 0.976 bits per heavy atom. The Hall–Kier alpha value is -2.23. The van der Waals surface area contributed by atoms with Gasteiger partial charge < -0.3 is 14.2 Å². The van der Waals surface area contributed by atoms with Crippen molar-refractivity contribution >= 4 is 12.0 Å². The first-order valence-corrected chi connectivity index (χ1v) is 16.9. The maximum atomic E-state index is 12.8. The van der Waals surface area contributed by atoms with Gasteiger partial charge in [0.2, 0.25) is 0 Å². The van der Waals surface area contributed by atoms with E-state index in [0.29, 0.717) is 16.9 Å². The van der Waals surface area contributed by atoms with Crippen LogP contribution in [0, 0.1) is 46.3 Å². The zero-order valence-corrected chi connectivity index (χ0v) is 27.4. The third-order valence-electron chi connectivity index (χ3n) is 12.4. The lowest BCUT2D eigenvalue weighted by molar-refractivity contribution is -0.145. The lowest BCUT2D eigenvalue weighted by Gasteiger charge is -2.58. The van der Waals surface area contributed by atoms with Gasteiger partial charge >= 0.3 is 5.97 Å². The summed E-state index contributed by atoms with van der Waals surface area (Å²) in [6.45, 7) is 12.5. The van der Waals surface area contributed by atoms with Crippen molar-refractivity contribution < 1.29 is 19.0 Å². The molecule has 4 heteroatoms. The highest BCUT2D eigenvalue weighted by Gasteiger charge is 2.59. The zero-order chi connectivity index (χ0) is 30.1. The summed E-state index contributed by atoms with van der Waals surface area (Å²) in [6.07, 6.45) is 19.9. The fourth-order valence-electron chi connectivity index (χ4n) is 10.1. The van der Waals surface area contributed by atoms with Crippen molar-refractivity contribution in [2.45, 2.75) is 111 Å². The Balaban J connectivity index is 1.20. The van der Waals surface area contributed by atoms with Crippen molar-refractivity contribution in [3.8, 4) is 11.5 Å². The van der Waals surface area contributed by atoms with Crippen molar-refractivity contribution in [1.82, 2.24) is 0 Å². The van der Waals surface area contributed by atoms with Crippen molar-refractivity contribution in [3.63, 3.8) is 0 Å². The standard InChI is InChI=1S/C38H56O4/c1-25(2)9-8-10-26(3)31-15-16-32-30-14-13-28-24-29(19-21-37(28,4)33(30)20-22-38(31,32)5)42-36(39)18-12-27-11-17-34(40-6)35(23-27)41-7/h11-13,17-18,23,25-26,29-33H,8-10,14-16,19-22,24H2,1-7H3/t26-,29+,30-,31+,32+,33-,37+,38-/m1/s1. The molecule has 0 heterocycles. The Morgan fingerprint density at radius 3 is 2.50 bits per heavy atom. The topological polar surface area (TPSA) is 44.8 Å². The number of allylic oxidation sites excluding steroid dienone is 1. The Labute approximate surface area is 255 Å². The summed E-state index contributed by atoms with van der Waals surface area (Å²) < 4.78 is 16.7. The van der Waals surface area contributed by atoms with Gasteiger partial charge in [0.25, 0.3) is 0 Å². The van der Waals surface area contributed by atoms with E-state index in [1.807, 2.05) is 18.2 Å². The van der Waals surface area contributed by atoms with Crippen LogP contribution in [0.25, 0.3) is 6.08 Å². The van der Waals surface area contributed by atoms with E-state index in [0.717, 1.165) is 60.3 Å². The summed E-state index contributed by atoms with van der Waals surface area (Å²) in [5.41, 5.74) is 3.23. The molecule has 0 radical (unpaired) electrons. The molecule has 0 aliphatic heterocycles. The van der Waals surface area contributed by atoms with Crippen molar-refractivity contribution in [3.05, 3.63) is 41.5 Å². The minimum absolute atomic E-state index is 0.0279. The fourth-order valence-corrected chi connectivity index (χ4v) is 10.1. The summed E-state index contributed by atoms with van der Waals surface area (Å²) in [6, 6.07) is 5.63. The van der Waals surface area contributed by atoms with E-state index in [1.165, 1.54) is 51.4 Å². The predicted octanol–water partition coefficient (Wildman–Crippen LogP) is 9.67. The highest BCUT2D eigenvalue weighted by molar-refractivity contribution is 5.87. The van der Waals surface area contributed by atoms with E-state index in [-0.39, 0.29) is 17.5 Å². The third-order valence-corrected chi connectivity index (χ3v) is 12.4. The molecule has 42 heavy (non-hydrogen) atoms. The molecule has 3 saturated carbocycles. The van der Waals surface area contributed by atoms with E-state index in [1.54, 1.807) is 31.9 Å². The first-order valence-electron chi connectivity index (χ1n) is 16.9. The molecule has 0 aromatic heterocycles. The lowest BCUT2D eigenvalue weighted by atomic mass is 9.47. The smallest absolute Gasteiger partial charge is 0.331 e. The van der Waals surface area contributed by atoms with Crippen LogP contribution in [0.15, 0.2) is 35.9 Å². The maximum absolute atomic E-state index is 12.8. The molecule has 1 aromatic rings. The van der Waals surface area contributed by atoms with Crippen LogP contribution in [0.2, 0.25) is 0 Å². The quantitative estimate of drug-likeness (QED) is 0.158. The second-order valence-corrected chi connectivity index (χ2v) is 15.0. The second kappa shape index (κ2) is 12.8. The first-order chi connectivity index (χ1) is 20.1. The van der Waals surface area contributed by atoms with E-state index in [4.69, 9.17) is 14.2 Å². The molecule has 3 fully saturated rings. The summed E-state index contributed by atoms with van der Waals surface area (Å²) in [5, 5.41) is 0. The Morgan fingerprint density at radius 2 is 1.76 bits per heavy atom. The molecule has 4 aliphatic carbocycles. The van der Waals surface area contributed by atoms with Gasteiger partial charge in [-0.2, -0.15) is 0 Å². The summed E-state index contributed by atoms with van der Waals surface area (Å²) in [4.78, 5) is 12.8. The van der Waals surface area contributed by atoms with Crippen LogP contribution in [0.1, 0.15) is 111 Å². The number of benzene rings is 1. The van der Waals surface area contributed by atoms with E-state index < -0.39 is 0 Å². The molecular formula is C38H56O4. The average molecular weight is 577 g/mol. The maximum Gasteiger partial charge on any atom is 0.331 e. The Kier molecular flexibility index (Phi) is 9.50. The van der Waals surface area contributed by atoms with Gasteiger partial charge in [-0.1, -0.05) is 71.6 Å². The van der Waals surface area contributed by atoms with Gasteiger partial charge in [0.15, 0.2) is 11.5 Å². The molecule has 4 nitrogen and oxygen atoms in total. The molecule has 4 aliphatic rings. The first kappa shape index (κ1) is 31.2. The summed E-state index contributed by atoms with van der Waals surface area (Å²) in [5.74, 6) is 6.12. The van der Waals surface area contributed by atoms with Crippen molar-refractivity contribution in [2.24, 2.45) is 46.3 Å². The van der Waals surface area contributed by atoms with Gasteiger partial charge in [-0.05, 0) is 115 Å². The van der Waals surface area contributed by atoms with Crippen molar-refractivity contribution in [1.29, 1.82) is 0 Å². The fraction of sp³-hybridized carbons (Fsp3) is 0.711. The summed E-state index contributed by atoms with van der Waals surface area (Å²) in [7, 11) is 3.24. The molecule has 1 aromatic carbocycles. The molecule has 0 N–H and O–H groups in total. The van der Waals surface area contributed by atoms with Crippen LogP contribution in [0.5, 0.6) is 11.5 Å². The van der Waals surface area contributed by atoms with Gasteiger partial charge in [-0.3, -0.25) is 0 Å². The monoisotopic (exact) mass is 576 g/mol. The molecule has 8 atom stereocenters.